The molecule has 2 amide bonds. The van der Waals surface area contributed by atoms with E-state index < -0.39 is 0 Å². The minimum atomic E-state index is 0.0403. The van der Waals surface area contributed by atoms with E-state index in [1.165, 1.54) is 0 Å². The van der Waals surface area contributed by atoms with Gasteiger partial charge < -0.3 is 9.80 Å². The van der Waals surface area contributed by atoms with Crippen LogP contribution in [0, 0.1) is 5.92 Å². The molecule has 0 atom stereocenters. The number of amides is 2. The van der Waals surface area contributed by atoms with Crippen molar-refractivity contribution in [3.8, 4) is 10.6 Å². The predicted octanol–water partition coefficient (Wildman–Crippen LogP) is 4.44. The first-order valence-corrected chi connectivity index (χ1v) is 11.6. The SMILES string of the molecule is O=C(c1cc(-c2cccs2)nc2ccccc12)N1CCC(C(=O)N2CCCC2)CC1. The van der Waals surface area contributed by atoms with Gasteiger partial charge in [-0.05, 0) is 49.3 Å². The summed E-state index contributed by atoms with van der Waals surface area (Å²) >= 11 is 1.63. The Kier molecular flexibility index (Phi) is 5.25. The monoisotopic (exact) mass is 419 g/mol. The number of likely N-dealkylation sites (tertiary alicyclic amines) is 2. The molecule has 0 spiro atoms. The Morgan fingerprint density at radius 3 is 2.43 bits per heavy atom. The topological polar surface area (TPSA) is 53.5 Å². The van der Waals surface area contributed by atoms with E-state index in [2.05, 4.69) is 0 Å². The van der Waals surface area contributed by atoms with Crippen LogP contribution < -0.4 is 0 Å². The number of benzene rings is 1. The van der Waals surface area contributed by atoms with E-state index >= 15 is 0 Å². The van der Waals surface area contributed by atoms with Crippen LogP contribution in [-0.2, 0) is 4.79 Å². The Labute approximate surface area is 180 Å². The zero-order valence-corrected chi connectivity index (χ0v) is 17.7. The second-order valence-electron chi connectivity index (χ2n) is 8.15. The Morgan fingerprint density at radius 2 is 1.70 bits per heavy atom. The molecule has 0 bridgehead atoms. The van der Waals surface area contributed by atoms with Crippen LogP contribution in [0.2, 0.25) is 0 Å². The maximum absolute atomic E-state index is 13.5. The van der Waals surface area contributed by atoms with Crippen molar-refractivity contribution in [2.45, 2.75) is 25.7 Å². The van der Waals surface area contributed by atoms with Crippen LogP contribution >= 0.6 is 11.3 Å². The Bertz CT molecular complexity index is 1070. The van der Waals surface area contributed by atoms with Crippen LogP contribution in [0.3, 0.4) is 0 Å². The largest absolute Gasteiger partial charge is 0.342 e. The van der Waals surface area contributed by atoms with Gasteiger partial charge in [-0.3, -0.25) is 9.59 Å². The number of hydrogen-bond donors (Lipinski definition) is 0. The van der Waals surface area contributed by atoms with Crippen LogP contribution in [0.15, 0.2) is 47.8 Å². The van der Waals surface area contributed by atoms with Crippen molar-refractivity contribution in [2.75, 3.05) is 26.2 Å². The Balaban J connectivity index is 1.38. The number of fused-ring (bicyclic) bond motifs is 1. The zero-order valence-electron chi connectivity index (χ0n) is 16.9. The molecule has 2 aromatic heterocycles. The minimum Gasteiger partial charge on any atom is -0.342 e. The number of rotatable bonds is 3. The van der Waals surface area contributed by atoms with E-state index in [0.717, 1.165) is 60.2 Å². The Hall–Kier alpha value is -2.73. The quantitative estimate of drug-likeness (QED) is 0.631. The van der Waals surface area contributed by atoms with Crippen molar-refractivity contribution in [2.24, 2.45) is 5.92 Å². The molecule has 3 aromatic rings. The van der Waals surface area contributed by atoms with Crippen LogP contribution in [0.25, 0.3) is 21.5 Å². The molecule has 5 rings (SSSR count). The first-order chi connectivity index (χ1) is 14.7. The van der Waals surface area contributed by atoms with Crippen molar-refractivity contribution >= 4 is 34.1 Å². The van der Waals surface area contributed by atoms with Crippen molar-refractivity contribution < 1.29 is 9.59 Å². The van der Waals surface area contributed by atoms with E-state index in [4.69, 9.17) is 4.98 Å². The number of carbonyl (C=O) groups excluding carboxylic acids is 2. The molecule has 2 fully saturated rings. The molecular formula is C24H25N3O2S. The fourth-order valence-corrected chi connectivity index (χ4v) is 5.28. The van der Waals surface area contributed by atoms with E-state index in [-0.39, 0.29) is 17.7 Å². The molecule has 6 heteroatoms. The van der Waals surface area contributed by atoms with Gasteiger partial charge in [0, 0.05) is 37.5 Å². The molecule has 2 aliphatic heterocycles. The van der Waals surface area contributed by atoms with E-state index in [1.807, 2.05) is 57.6 Å². The lowest BCUT2D eigenvalue weighted by Gasteiger charge is -2.33. The maximum Gasteiger partial charge on any atom is 0.254 e. The number of thiophene rings is 1. The number of aromatic nitrogens is 1. The third kappa shape index (κ3) is 3.60. The van der Waals surface area contributed by atoms with Crippen LogP contribution in [0.1, 0.15) is 36.0 Å². The van der Waals surface area contributed by atoms with Gasteiger partial charge in [-0.2, -0.15) is 0 Å². The number of para-hydroxylation sites is 1. The molecule has 0 aliphatic carbocycles. The third-order valence-corrected chi connectivity index (χ3v) is 7.16. The van der Waals surface area contributed by atoms with Crippen molar-refractivity contribution in [3.05, 3.63) is 53.4 Å². The highest BCUT2D eigenvalue weighted by Crippen LogP contribution is 2.30. The molecular weight excluding hydrogens is 394 g/mol. The standard InChI is InChI=1S/C24H25N3O2S/c28-23(26-11-3-4-12-26)17-9-13-27(14-10-17)24(29)19-16-21(22-8-5-15-30-22)25-20-7-2-1-6-18(19)20/h1-2,5-8,15-17H,3-4,9-14H2. The molecule has 0 N–H and O–H groups in total. The maximum atomic E-state index is 13.5. The normalized spacial score (nSPS) is 17.6. The van der Waals surface area contributed by atoms with Crippen molar-refractivity contribution in [3.63, 3.8) is 0 Å². The zero-order chi connectivity index (χ0) is 20.5. The van der Waals surface area contributed by atoms with Gasteiger partial charge in [-0.25, -0.2) is 4.98 Å². The first-order valence-electron chi connectivity index (χ1n) is 10.7. The summed E-state index contributed by atoms with van der Waals surface area (Å²) < 4.78 is 0. The fourth-order valence-electron chi connectivity index (χ4n) is 4.60. The highest BCUT2D eigenvalue weighted by molar-refractivity contribution is 7.13. The summed E-state index contributed by atoms with van der Waals surface area (Å²) in [5.74, 6) is 0.385. The molecule has 2 aliphatic rings. The van der Waals surface area contributed by atoms with E-state index in [1.54, 1.807) is 11.3 Å². The van der Waals surface area contributed by atoms with Crippen molar-refractivity contribution in [1.29, 1.82) is 0 Å². The lowest BCUT2D eigenvalue weighted by molar-refractivity contribution is -0.135. The predicted molar refractivity (Wildman–Crippen MR) is 119 cm³/mol. The minimum absolute atomic E-state index is 0.0403. The second kappa shape index (κ2) is 8.19. The van der Waals surface area contributed by atoms with Gasteiger partial charge in [0.15, 0.2) is 0 Å². The fraction of sp³-hybridized carbons (Fsp3) is 0.375. The smallest absolute Gasteiger partial charge is 0.254 e. The van der Waals surface area contributed by atoms with E-state index in [0.29, 0.717) is 18.7 Å². The number of piperidine rings is 1. The van der Waals surface area contributed by atoms with Crippen LogP contribution in [-0.4, -0.2) is 52.8 Å². The molecule has 154 valence electrons. The molecule has 30 heavy (non-hydrogen) atoms. The van der Waals surface area contributed by atoms with Crippen LogP contribution in [0.5, 0.6) is 0 Å². The molecule has 0 unspecified atom stereocenters. The molecule has 0 saturated carbocycles. The van der Waals surface area contributed by atoms with Gasteiger partial charge in [0.05, 0.1) is 21.7 Å². The summed E-state index contributed by atoms with van der Waals surface area (Å²) in [5, 5.41) is 2.91. The highest BCUT2D eigenvalue weighted by Gasteiger charge is 2.32. The van der Waals surface area contributed by atoms with Gasteiger partial charge in [-0.1, -0.05) is 24.3 Å². The molecule has 0 radical (unpaired) electrons. The van der Waals surface area contributed by atoms with Gasteiger partial charge in [0.2, 0.25) is 5.91 Å². The first kappa shape index (κ1) is 19.2. The summed E-state index contributed by atoms with van der Waals surface area (Å²) in [6.45, 7) is 3.06. The average molecular weight is 420 g/mol. The molecule has 1 aromatic carbocycles. The van der Waals surface area contributed by atoms with Gasteiger partial charge >= 0.3 is 0 Å². The molecule has 5 nitrogen and oxygen atoms in total. The van der Waals surface area contributed by atoms with Gasteiger partial charge in [-0.15, -0.1) is 11.3 Å². The number of hydrogen-bond acceptors (Lipinski definition) is 4. The van der Waals surface area contributed by atoms with Gasteiger partial charge in [0.1, 0.15) is 0 Å². The highest BCUT2D eigenvalue weighted by atomic mass is 32.1. The molecule has 4 heterocycles. The number of carbonyl (C=O) groups is 2. The van der Waals surface area contributed by atoms with Crippen molar-refractivity contribution in [1.82, 2.24) is 14.8 Å². The summed E-state index contributed by atoms with van der Waals surface area (Å²) in [5.41, 5.74) is 2.38. The molecule has 2 saturated heterocycles. The number of nitrogens with zero attached hydrogens (tertiary/aromatic N) is 3. The Morgan fingerprint density at radius 1 is 0.933 bits per heavy atom. The van der Waals surface area contributed by atoms with E-state index in [9.17, 15) is 9.59 Å². The van der Waals surface area contributed by atoms with Crippen LogP contribution in [0.4, 0.5) is 0 Å². The summed E-state index contributed by atoms with van der Waals surface area (Å²) in [4.78, 5) is 35.9. The van der Waals surface area contributed by atoms with Gasteiger partial charge in [0.25, 0.3) is 5.91 Å². The summed E-state index contributed by atoms with van der Waals surface area (Å²) in [7, 11) is 0. The second-order valence-corrected chi connectivity index (χ2v) is 9.10. The number of pyridine rings is 1. The third-order valence-electron chi connectivity index (χ3n) is 6.27. The lowest BCUT2D eigenvalue weighted by atomic mass is 9.94. The summed E-state index contributed by atoms with van der Waals surface area (Å²) in [6, 6.07) is 13.8. The summed E-state index contributed by atoms with van der Waals surface area (Å²) in [6.07, 6.45) is 3.74. The lowest BCUT2D eigenvalue weighted by Crippen LogP contribution is -2.43. The average Bonchev–Trinajstić information content (AvgIpc) is 3.52.